The SMILES string of the molecule is COc1ccc(Br)cc1CC(=O)N[C@H](C(=O)N[C@@H](CC(=O)O)[C@H](O)CSCc1ccccc1)C(C)C. The van der Waals surface area contributed by atoms with E-state index in [0.717, 1.165) is 10.0 Å². The zero-order valence-corrected chi connectivity index (χ0v) is 23.0. The van der Waals surface area contributed by atoms with E-state index in [1.807, 2.05) is 30.3 Å². The Labute approximate surface area is 224 Å². The number of carbonyl (C=O) groups is 3. The summed E-state index contributed by atoms with van der Waals surface area (Å²) in [6, 6.07) is 13.1. The minimum Gasteiger partial charge on any atom is -0.496 e. The molecule has 4 N–H and O–H groups in total. The molecule has 2 amide bonds. The van der Waals surface area contributed by atoms with Gasteiger partial charge in [-0.05, 0) is 29.7 Å². The third kappa shape index (κ3) is 9.83. The van der Waals surface area contributed by atoms with Gasteiger partial charge in [-0.3, -0.25) is 14.4 Å². The molecule has 2 aromatic carbocycles. The highest BCUT2D eigenvalue weighted by atomic mass is 79.9. The van der Waals surface area contributed by atoms with Crippen molar-refractivity contribution in [2.24, 2.45) is 5.92 Å². The van der Waals surface area contributed by atoms with Crippen LogP contribution < -0.4 is 15.4 Å². The molecule has 0 aliphatic rings. The van der Waals surface area contributed by atoms with Crippen LogP contribution in [0.4, 0.5) is 0 Å². The van der Waals surface area contributed by atoms with Crippen LogP contribution in [0.15, 0.2) is 53.0 Å². The molecule has 0 unspecified atom stereocenters. The summed E-state index contributed by atoms with van der Waals surface area (Å²) in [5.74, 6) is -0.889. The number of amides is 2. The lowest BCUT2D eigenvalue weighted by Crippen LogP contribution is -2.55. The number of carboxylic acids is 1. The summed E-state index contributed by atoms with van der Waals surface area (Å²) >= 11 is 4.83. The van der Waals surface area contributed by atoms with Crippen LogP contribution >= 0.6 is 27.7 Å². The quantitative estimate of drug-likeness (QED) is 0.270. The first-order valence-electron chi connectivity index (χ1n) is 11.5. The molecule has 0 radical (unpaired) electrons. The number of methoxy groups -OCH3 is 1. The number of ether oxygens (including phenoxy) is 1. The predicted octanol–water partition coefficient (Wildman–Crippen LogP) is 3.39. The average molecular weight is 582 g/mol. The van der Waals surface area contributed by atoms with Gasteiger partial charge in [-0.25, -0.2) is 0 Å². The normalized spacial score (nSPS) is 13.5. The van der Waals surface area contributed by atoms with Gasteiger partial charge in [0, 0.05) is 21.5 Å². The first-order chi connectivity index (χ1) is 17.1. The van der Waals surface area contributed by atoms with Gasteiger partial charge in [0.2, 0.25) is 11.8 Å². The van der Waals surface area contributed by atoms with Gasteiger partial charge >= 0.3 is 5.97 Å². The topological polar surface area (TPSA) is 125 Å². The molecule has 0 spiro atoms. The summed E-state index contributed by atoms with van der Waals surface area (Å²) in [5, 5.41) is 25.4. The lowest BCUT2D eigenvalue weighted by molar-refractivity contribution is -0.139. The number of hydrogen-bond acceptors (Lipinski definition) is 6. The maximum atomic E-state index is 13.1. The van der Waals surface area contributed by atoms with E-state index in [2.05, 4.69) is 26.6 Å². The largest absolute Gasteiger partial charge is 0.496 e. The van der Waals surface area contributed by atoms with Gasteiger partial charge < -0.3 is 25.6 Å². The van der Waals surface area contributed by atoms with E-state index in [4.69, 9.17) is 4.74 Å². The number of carbonyl (C=O) groups excluding carboxylic acids is 2. The zero-order valence-electron chi connectivity index (χ0n) is 20.6. The van der Waals surface area contributed by atoms with Crippen LogP contribution in [-0.2, 0) is 26.6 Å². The van der Waals surface area contributed by atoms with Crippen molar-refractivity contribution >= 4 is 45.5 Å². The Morgan fingerprint density at radius 1 is 1.08 bits per heavy atom. The standard InChI is InChI=1S/C26H33BrN2O6S/c1-16(2)25(29-23(31)12-18-11-19(27)9-10-22(18)35-3)26(34)28-20(13-24(32)33)21(30)15-36-14-17-7-5-4-6-8-17/h4-11,16,20-21,25,30H,12-15H2,1-3H3,(H,28,34)(H,29,31)(H,32,33)/t20-,21+,25-/m0/s1. The molecule has 2 aromatic rings. The summed E-state index contributed by atoms with van der Waals surface area (Å²) in [6.07, 6.45) is -1.52. The van der Waals surface area contributed by atoms with Gasteiger partial charge in [-0.2, -0.15) is 11.8 Å². The third-order valence-electron chi connectivity index (χ3n) is 5.45. The molecule has 0 saturated heterocycles. The highest BCUT2D eigenvalue weighted by Gasteiger charge is 2.30. The molecule has 8 nitrogen and oxygen atoms in total. The van der Waals surface area contributed by atoms with E-state index >= 15 is 0 Å². The zero-order chi connectivity index (χ0) is 26.7. The maximum Gasteiger partial charge on any atom is 0.305 e. The van der Waals surface area contributed by atoms with E-state index in [1.165, 1.54) is 18.9 Å². The molecule has 36 heavy (non-hydrogen) atoms. The molecule has 0 aliphatic carbocycles. The number of nitrogens with one attached hydrogen (secondary N) is 2. The molecular formula is C26H33BrN2O6S. The van der Waals surface area contributed by atoms with Crippen LogP contribution in [0.2, 0.25) is 0 Å². The van der Waals surface area contributed by atoms with Crippen molar-refractivity contribution in [2.45, 2.75) is 50.6 Å². The molecular weight excluding hydrogens is 548 g/mol. The molecule has 0 aromatic heterocycles. The number of hydrogen-bond donors (Lipinski definition) is 4. The molecule has 0 fully saturated rings. The van der Waals surface area contributed by atoms with E-state index in [0.29, 0.717) is 17.1 Å². The summed E-state index contributed by atoms with van der Waals surface area (Å²) in [6.45, 7) is 3.56. The highest BCUT2D eigenvalue weighted by molar-refractivity contribution is 9.10. The van der Waals surface area contributed by atoms with Gasteiger partial charge in [0.05, 0.1) is 32.1 Å². The van der Waals surface area contributed by atoms with Crippen LogP contribution in [-0.4, -0.2) is 59.0 Å². The van der Waals surface area contributed by atoms with E-state index in [1.54, 1.807) is 32.0 Å². The van der Waals surface area contributed by atoms with Crippen LogP contribution in [0.5, 0.6) is 5.75 Å². The monoisotopic (exact) mass is 580 g/mol. The van der Waals surface area contributed by atoms with Crippen molar-refractivity contribution in [1.29, 1.82) is 0 Å². The number of carboxylic acid groups (broad SMARTS) is 1. The minimum absolute atomic E-state index is 0.00355. The second-order valence-corrected chi connectivity index (χ2v) is 10.6. The van der Waals surface area contributed by atoms with E-state index in [9.17, 15) is 24.6 Å². The highest BCUT2D eigenvalue weighted by Crippen LogP contribution is 2.23. The Hall–Kier alpha value is -2.56. The smallest absolute Gasteiger partial charge is 0.305 e. The molecule has 0 saturated carbocycles. The van der Waals surface area contributed by atoms with Gasteiger partial charge in [0.25, 0.3) is 0 Å². The van der Waals surface area contributed by atoms with Crippen molar-refractivity contribution in [3.63, 3.8) is 0 Å². The van der Waals surface area contributed by atoms with Gasteiger partial charge in [-0.1, -0.05) is 60.1 Å². The number of thioether (sulfide) groups is 1. The van der Waals surface area contributed by atoms with E-state index < -0.39 is 36.5 Å². The Balaban J connectivity index is 2.02. The number of aliphatic hydroxyl groups is 1. The summed E-state index contributed by atoms with van der Waals surface area (Å²) < 4.78 is 6.10. The van der Waals surface area contributed by atoms with Gasteiger partial charge in [0.1, 0.15) is 11.8 Å². The van der Waals surface area contributed by atoms with Crippen molar-refractivity contribution in [3.05, 3.63) is 64.1 Å². The number of rotatable bonds is 14. The van der Waals surface area contributed by atoms with Crippen molar-refractivity contribution in [3.8, 4) is 5.75 Å². The number of halogens is 1. The maximum absolute atomic E-state index is 13.1. The number of aliphatic hydroxyl groups excluding tert-OH is 1. The Morgan fingerprint density at radius 2 is 1.78 bits per heavy atom. The van der Waals surface area contributed by atoms with Crippen molar-refractivity contribution in [1.82, 2.24) is 10.6 Å². The van der Waals surface area contributed by atoms with Gasteiger partial charge in [0.15, 0.2) is 0 Å². The Morgan fingerprint density at radius 3 is 2.39 bits per heavy atom. The first-order valence-corrected chi connectivity index (χ1v) is 13.5. The lowest BCUT2D eigenvalue weighted by atomic mass is 10.0. The van der Waals surface area contributed by atoms with Gasteiger partial charge in [-0.15, -0.1) is 0 Å². The average Bonchev–Trinajstić information content (AvgIpc) is 2.82. The number of aliphatic carboxylic acids is 1. The molecule has 0 aliphatic heterocycles. The van der Waals surface area contributed by atoms with E-state index in [-0.39, 0.29) is 24.0 Å². The molecule has 10 heteroatoms. The Kier molecular flexibility index (Phi) is 12.3. The fourth-order valence-electron chi connectivity index (χ4n) is 3.55. The molecule has 0 bridgehead atoms. The molecule has 196 valence electrons. The molecule has 3 atom stereocenters. The predicted molar refractivity (Wildman–Crippen MR) is 144 cm³/mol. The minimum atomic E-state index is -1.14. The van der Waals surface area contributed by atoms with Crippen molar-refractivity contribution < 1.29 is 29.3 Å². The van der Waals surface area contributed by atoms with Crippen LogP contribution in [0.3, 0.4) is 0 Å². The second kappa shape index (κ2) is 14.9. The van der Waals surface area contributed by atoms with Crippen molar-refractivity contribution in [2.75, 3.05) is 12.9 Å². The summed E-state index contributed by atoms with van der Waals surface area (Å²) in [7, 11) is 1.51. The lowest BCUT2D eigenvalue weighted by Gasteiger charge is -2.27. The fraction of sp³-hybridized carbons (Fsp3) is 0.423. The second-order valence-electron chi connectivity index (χ2n) is 8.70. The van der Waals surface area contributed by atoms with Crippen LogP contribution in [0.1, 0.15) is 31.4 Å². The van der Waals surface area contributed by atoms with Crippen LogP contribution in [0, 0.1) is 5.92 Å². The first kappa shape index (κ1) is 29.7. The summed E-state index contributed by atoms with van der Waals surface area (Å²) in [4.78, 5) is 37.3. The third-order valence-corrected chi connectivity index (χ3v) is 7.05. The van der Waals surface area contributed by atoms with Crippen LogP contribution in [0.25, 0.3) is 0 Å². The number of benzene rings is 2. The fourth-order valence-corrected chi connectivity index (χ4v) is 4.98. The molecule has 0 heterocycles. The molecule has 2 rings (SSSR count). The summed E-state index contributed by atoms with van der Waals surface area (Å²) in [5.41, 5.74) is 1.74. The Bertz CT molecular complexity index is 1020.